The van der Waals surface area contributed by atoms with Crippen molar-refractivity contribution in [2.75, 3.05) is 20.1 Å². The molecule has 1 aromatic heterocycles. The smallest absolute Gasteiger partial charge is 0.247 e. The number of nitrogens with two attached hydrogens (primary N) is 1. The standard InChI is InChI=1S/C19H26N4O2S2/c1-14-13-23(11-10-17(14)15-6-4-3-5-7-15)19(21-2)22-12-16-8-9-18(26-16)27(20,24)25/h3-9,14,17H,10-13H2,1-2H3,(H,21,22)(H2,20,24,25). The molecule has 2 heterocycles. The van der Waals surface area contributed by atoms with Gasteiger partial charge in [0, 0.05) is 25.0 Å². The molecule has 1 fully saturated rings. The molecule has 0 bridgehead atoms. The van der Waals surface area contributed by atoms with Crippen molar-refractivity contribution in [1.82, 2.24) is 10.2 Å². The Hall–Kier alpha value is -1.90. The number of hydrogen-bond donors (Lipinski definition) is 2. The summed E-state index contributed by atoms with van der Waals surface area (Å²) in [5.74, 6) is 1.93. The lowest BCUT2D eigenvalue weighted by molar-refractivity contribution is 0.234. The molecule has 1 aromatic carbocycles. The van der Waals surface area contributed by atoms with Crippen LogP contribution in [-0.4, -0.2) is 39.4 Å². The van der Waals surface area contributed by atoms with Crippen LogP contribution in [0.3, 0.4) is 0 Å². The minimum absolute atomic E-state index is 0.187. The molecule has 3 rings (SSSR count). The molecular weight excluding hydrogens is 380 g/mol. The summed E-state index contributed by atoms with van der Waals surface area (Å²) in [7, 11) is -1.86. The van der Waals surface area contributed by atoms with E-state index in [1.54, 1.807) is 19.2 Å². The molecule has 0 aliphatic carbocycles. The van der Waals surface area contributed by atoms with Crippen LogP contribution >= 0.6 is 11.3 Å². The van der Waals surface area contributed by atoms with Gasteiger partial charge in [-0.3, -0.25) is 4.99 Å². The Labute approximate surface area is 165 Å². The summed E-state index contributed by atoms with van der Waals surface area (Å²) < 4.78 is 23.0. The van der Waals surface area contributed by atoms with Crippen LogP contribution in [-0.2, 0) is 16.6 Å². The van der Waals surface area contributed by atoms with E-state index in [0.29, 0.717) is 18.4 Å². The number of primary sulfonamides is 1. The minimum atomic E-state index is -3.64. The Balaban J connectivity index is 1.60. The van der Waals surface area contributed by atoms with Crippen molar-refractivity contribution in [3.05, 3.63) is 52.9 Å². The number of benzene rings is 1. The van der Waals surface area contributed by atoms with E-state index in [1.165, 1.54) is 16.9 Å². The van der Waals surface area contributed by atoms with Crippen molar-refractivity contribution in [2.45, 2.75) is 30.0 Å². The van der Waals surface area contributed by atoms with Crippen LogP contribution in [0.1, 0.15) is 29.7 Å². The number of nitrogens with one attached hydrogen (secondary N) is 1. The Morgan fingerprint density at radius 3 is 2.63 bits per heavy atom. The van der Waals surface area contributed by atoms with E-state index in [9.17, 15) is 8.42 Å². The fourth-order valence-corrected chi connectivity index (χ4v) is 5.36. The summed E-state index contributed by atoms with van der Waals surface area (Å²) in [6, 6.07) is 14.0. The molecule has 0 saturated carbocycles. The van der Waals surface area contributed by atoms with E-state index >= 15 is 0 Å². The van der Waals surface area contributed by atoms with E-state index in [4.69, 9.17) is 5.14 Å². The maximum absolute atomic E-state index is 11.4. The van der Waals surface area contributed by atoms with Crippen LogP contribution in [0.25, 0.3) is 0 Å². The van der Waals surface area contributed by atoms with Crippen LogP contribution < -0.4 is 10.5 Å². The highest BCUT2D eigenvalue weighted by Crippen LogP contribution is 2.32. The molecule has 27 heavy (non-hydrogen) atoms. The molecular formula is C19H26N4O2S2. The highest BCUT2D eigenvalue weighted by Gasteiger charge is 2.28. The minimum Gasteiger partial charge on any atom is -0.351 e. The number of guanidine groups is 1. The average molecular weight is 407 g/mol. The van der Waals surface area contributed by atoms with Gasteiger partial charge in [0.15, 0.2) is 5.96 Å². The van der Waals surface area contributed by atoms with Gasteiger partial charge in [-0.25, -0.2) is 13.6 Å². The summed E-state index contributed by atoms with van der Waals surface area (Å²) in [5, 5.41) is 8.52. The largest absolute Gasteiger partial charge is 0.351 e. The molecule has 0 spiro atoms. The molecule has 1 saturated heterocycles. The molecule has 8 heteroatoms. The van der Waals surface area contributed by atoms with Crippen molar-refractivity contribution in [3.63, 3.8) is 0 Å². The normalized spacial score (nSPS) is 21.3. The molecule has 1 aliphatic heterocycles. The van der Waals surface area contributed by atoms with E-state index in [1.807, 2.05) is 0 Å². The zero-order valence-electron chi connectivity index (χ0n) is 15.6. The van der Waals surface area contributed by atoms with Gasteiger partial charge >= 0.3 is 0 Å². The van der Waals surface area contributed by atoms with Crippen LogP contribution in [0.5, 0.6) is 0 Å². The first-order valence-corrected chi connectivity index (χ1v) is 11.4. The van der Waals surface area contributed by atoms with Crippen molar-refractivity contribution in [2.24, 2.45) is 16.0 Å². The molecule has 1 aliphatic rings. The molecule has 2 unspecified atom stereocenters. The maximum atomic E-state index is 11.4. The highest BCUT2D eigenvalue weighted by molar-refractivity contribution is 7.91. The first-order chi connectivity index (χ1) is 12.9. The van der Waals surface area contributed by atoms with Crippen LogP contribution in [0.2, 0.25) is 0 Å². The first-order valence-electron chi connectivity index (χ1n) is 9.00. The molecule has 2 aromatic rings. The SMILES string of the molecule is CN=C(NCc1ccc(S(N)(=O)=O)s1)N1CCC(c2ccccc2)C(C)C1. The Bertz CT molecular complexity index is 893. The van der Waals surface area contributed by atoms with E-state index in [2.05, 4.69) is 52.5 Å². The molecule has 0 amide bonds. The maximum Gasteiger partial charge on any atom is 0.247 e. The second-order valence-electron chi connectivity index (χ2n) is 6.90. The lowest BCUT2D eigenvalue weighted by atomic mass is 9.82. The predicted molar refractivity (Wildman–Crippen MR) is 110 cm³/mol. The summed E-state index contributed by atoms with van der Waals surface area (Å²) in [5.41, 5.74) is 1.40. The molecule has 0 radical (unpaired) electrons. The quantitative estimate of drug-likeness (QED) is 0.603. The monoisotopic (exact) mass is 406 g/mol. The van der Waals surface area contributed by atoms with Crippen LogP contribution in [0.15, 0.2) is 51.7 Å². The van der Waals surface area contributed by atoms with Gasteiger partial charge in [0.2, 0.25) is 10.0 Å². The van der Waals surface area contributed by atoms with Crippen molar-refractivity contribution in [3.8, 4) is 0 Å². The summed E-state index contributed by atoms with van der Waals surface area (Å²) in [6.07, 6.45) is 1.08. The topological polar surface area (TPSA) is 87.8 Å². The van der Waals surface area contributed by atoms with Gasteiger partial charge < -0.3 is 10.2 Å². The van der Waals surface area contributed by atoms with E-state index in [0.717, 1.165) is 30.3 Å². The predicted octanol–water partition coefficient (Wildman–Crippen LogP) is 2.60. The molecule has 2 atom stereocenters. The fraction of sp³-hybridized carbons (Fsp3) is 0.421. The number of piperidine rings is 1. The number of hydrogen-bond acceptors (Lipinski definition) is 4. The Kier molecular flexibility index (Phi) is 6.18. The van der Waals surface area contributed by atoms with Gasteiger partial charge in [-0.1, -0.05) is 37.3 Å². The number of likely N-dealkylation sites (tertiary alicyclic amines) is 1. The third kappa shape index (κ3) is 4.88. The van der Waals surface area contributed by atoms with Crippen LogP contribution in [0, 0.1) is 5.92 Å². The number of thiophene rings is 1. The third-order valence-electron chi connectivity index (χ3n) is 4.98. The second-order valence-corrected chi connectivity index (χ2v) is 9.85. The Morgan fingerprint density at radius 1 is 1.30 bits per heavy atom. The van der Waals surface area contributed by atoms with Gasteiger partial charge in [0.05, 0.1) is 6.54 Å². The fourth-order valence-electron chi connectivity index (χ4n) is 3.64. The average Bonchev–Trinajstić information content (AvgIpc) is 3.12. The van der Waals surface area contributed by atoms with Gasteiger partial charge in [0.1, 0.15) is 4.21 Å². The van der Waals surface area contributed by atoms with Gasteiger partial charge in [-0.15, -0.1) is 11.3 Å². The second kappa shape index (κ2) is 8.41. The Morgan fingerprint density at radius 2 is 2.04 bits per heavy atom. The van der Waals surface area contributed by atoms with Crippen molar-refractivity contribution < 1.29 is 8.42 Å². The number of nitrogens with zero attached hydrogens (tertiary/aromatic N) is 2. The molecule has 146 valence electrons. The molecule has 6 nitrogen and oxygen atoms in total. The van der Waals surface area contributed by atoms with Gasteiger partial charge in [-0.2, -0.15) is 0 Å². The van der Waals surface area contributed by atoms with Gasteiger partial charge in [0.25, 0.3) is 0 Å². The number of aliphatic imine (C=N–C) groups is 1. The summed E-state index contributed by atoms with van der Waals surface area (Å²) in [4.78, 5) is 7.59. The van der Waals surface area contributed by atoms with Crippen molar-refractivity contribution in [1.29, 1.82) is 0 Å². The van der Waals surface area contributed by atoms with E-state index < -0.39 is 10.0 Å². The first kappa shape index (κ1) is 19.9. The zero-order chi connectivity index (χ0) is 19.4. The number of rotatable bonds is 4. The van der Waals surface area contributed by atoms with E-state index in [-0.39, 0.29) is 4.21 Å². The zero-order valence-corrected chi connectivity index (χ0v) is 17.3. The summed E-state index contributed by atoms with van der Waals surface area (Å²) in [6.45, 7) is 4.69. The summed E-state index contributed by atoms with van der Waals surface area (Å²) >= 11 is 1.19. The van der Waals surface area contributed by atoms with Crippen LogP contribution in [0.4, 0.5) is 0 Å². The lowest BCUT2D eigenvalue weighted by Crippen LogP contribution is -2.47. The van der Waals surface area contributed by atoms with Crippen molar-refractivity contribution >= 4 is 27.3 Å². The third-order valence-corrected chi connectivity index (χ3v) is 7.51. The molecule has 3 N–H and O–H groups in total. The highest BCUT2D eigenvalue weighted by atomic mass is 32.2. The lowest BCUT2D eigenvalue weighted by Gasteiger charge is -2.38. The number of sulfonamides is 1. The van der Waals surface area contributed by atoms with Gasteiger partial charge in [-0.05, 0) is 36.0 Å².